The quantitative estimate of drug-likeness (QED) is 0.434. The molecule has 3 fully saturated rings. The molecule has 0 aromatic heterocycles. The molecule has 0 radical (unpaired) electrons. The second kappa shape index (κ2) is 8.57. The van der Waals surface area contributed by atoms with Crippen LogP contribution in [0.2, 0.25) is 0 Å². The maximum absolute atomic E-state index is 10.3. The Bertz CT molecular complexity index is 647. The van der Waals surface area contributed by atoms with Crippen molar-refractivity contribution in [2.75, 3.05) is 0 Å². The van der Waals surface area contributed by atoms with Gasteiger partial charge in [0.2, 0.25) is 0 Å². The average Bonchev–Trinajstić information content (AvgIpc) is 3.06. The van der Waals surface area contributed by atoms with Crippen molar-refractivity contribution in [2.45, 2.75) is 125 Å². The van der Waals surface area contributed by atoms with Crippen LogP contribution in [0.5, 0.6) is 0 Å². The van der Waals surface area contributed by atoms with E-state index in [4.69, 9.17) is 0 Å². The summed E-state index contributed by atoms with van der Waals surface area (Å²) in [6, 6.07) is 0. The van der Waals surface area contributed by atoms with Crippen molar-refractivity contribution in [1.82, 2.24) is 0 Å². The zero-order valence-electron chi connectivity index (χ0n) is 21.0. The van der Waals surface area contributed by atoms with Gasteiger partial charge >= 0.3 is 0 Å². The highest BCUT2D eigenvalue weighted by atomic mass is 16.3. The Morgan fingerprint density at radius 2 is 1.73 bits per heavy atom. The highest BCUT2D eigenvalue weighted by Crippen LogP contribution is 2.65. The van der Waals surface area contributed by atoms with E-state index in [1.54, 1.807) is 0 Å². The number of rotatable bonds is 6. The van der Waals surface area contributed by atoms with Gasteiger partial charge in [0.25, 0.3) is 0 Å². The fraction of sp³-hybridized carbons (Fsp3) is 0.931. The van der Waals surface area contributed by atoms with Crippen LogP contribution in [0.3, 0.4) is 0 Å². The lowest BCUT2D eigenvalue weighted by Gasteiger charge is -2.56. The molecule has 0 saturated heterocycles. The van der Waals surface area contributed by atoms with Crippen LogP contribution in [-0.2, 0) is 0 Å². The first-order valence-corrected chi connectivity index (χ1v) is 13.6. The molecule has 8 atom stereocenters. The van der Waals surface area contributed by atoms with Crippen LogP contribution in [-0.4, -0.2) is 11.2 Å². The van der Waals surface area contributed by atoms with Crippen LogP contribution in [0.25, 0.3) is 0 Å². The van der Waals surface area contributed by atoms with Crippen molar-refractivity contribution in [2.24, 2.45) is 46.3 Å². The summed E-state index contributed by atoms with van der Waals surface area (Å²) in [5.41, 5.74) is 4.80. The lowest BCUT2D eigenvalue weighted by Crippen LogP contribution is -2.48. The molecular formula is C29H50O. The van der Waals surface area contributed by atoms with Crippen molar-refractivity contribution in [3.05, 3.63) is 11.1 Å². The zero-order chi connectivity index (χ0) is 21.7. The predicted molar refractivity (Wildman–Crippen MR) is 128 cm³/mol. The van der Waals surface area contributed by atoms with Crippen molar-refractivity contribution >= 4 is 0 Å². The minimum absolute atomic E-state index is 0.0272. The Balaban J connectivity index is 1.52. The van der Waals surface area contributed by atoms with Crippen LogP contribution in [0, 0.1) is 46.3 Å². The summed E-state index contributed by atoms with van der Waals surface area (Å²) in [7, 11) is 0. The molecule has 3 saturated carbocycles. The lowest BCUT2D eigenvalue weighted by molar-refractivity contribution is -0.0381. The van der Waals surface area contributed by atoms with E-state index in [0.29, 0.717) is 10.8 Å². The Kier molecular flexibility index (Phi) is 6.53. The first kappa shape index (κ1) is 22.9. The summed E-state index contributed by atoms with van der Waals surface area (Å²) in [4.78, 5) is 0. The van der Waals surface area contributed by atoms with Crippen LogP contribution >= 0.6 is 0 Å². The van der Waals surface area contributed by atoms with Gasteiger partial charge < -0.3 is 5.11 Å². The van der Waals surface area contributed by atoms with E-state index in [-0.39, 0.29) is 6.10 Å². The van der Waals surface area contributed by atoms with Crippen LogP contribution < -0.4 is 0 Å². The second-order valence-electron chi connectivity index (χ2n) is 12.8. The largest absolute Gasteiger partial charge is 0.393 e. The summed E-state index contributed by atoms with van der Waals surface area (Å²) < 4.78 is 0. The number of hydrogen-bond acceptors (Lipinski definition) is 1. The highest BCUT2D eigenvalue weighted by molar-refractivity contribution is 5.34. The van der Waals surface area contributed by atoms with E-state index in [9.17, 15) is 5.11 Å². The Labute approximate surface area is 187 Å². The smallest absolute Gasteiger partial charge is 0.0543 e. The lowest BCUT2D eigenvalue weighted by atomic mass is 9.49. The van der Waals surface area contributed by atoms with Crippen molar-refractivity contribution in [3.8, 4) is 0 Å². The normalized spacial score (nSPS) is 43.2. The Morgan fingerprint density at radius 1 is 0.967 bits per heavy atom. The molecule has 0 aromatic carbocycles. The molecule has 172 valence electrons. The van der Waals surface area contributed by atoms with Gasteiger partial charge in [-0.2, -0.15) is 0 Å². The first-order chi connectivity index (χ1) is 14.2. The third kappa shape index (κ3) is 3.74. The highest BCUT2D eigenvalue weighted by Gasteiger charge is 2.55. The molecule has 4 aliphatic carbocycles. The molecule has 1 N–H and O–H groups in total. The molecule has 4 rings (SSSR count). The van der Waals surface area contributed by atoms with Gasteiger partial charge in [0, 0.05) is 0 Å². The van der Waals surface area contributed by atoms with Crippen molar-refractivity contribution in [1.29, 1.82) is 0 Å². The second-order valence-corrected chi connectivity index (χ2v) is 12.8. The topological polar surface area (TPSA) is 20.2 Å². The van der Waals surface area contributed by atoms with Gasteiger partial charge in [0.15, 0.2) is 0 Å². The van der Waals surface area contributed by atoms with E-state index in [0.717, 1.165) is 48.3 Å². The number of fused-ring (bicyclic) bond motifs is 4. The molecule has 1 nitrogen and oxygen atoms in total. The summed E-state index contributed by atoms with van der Waals surface area (Å²) in [6.07, 6.45) is 15.9. The summed E-state index contributed by atoms with van der Waals surface area (Å²) in [5, 5.41) is 10.3. The average molecular weight is 415 g/mol. The van der Waals surface area contributed by atoms with E-state index in [1.165, 1.54) is 64.2 Å². The molecule has 0 spiro atoms. The monoisotopic (exact) mass is 414 g/mol. The van der Waals surface area contributed by atoms with Crippen LogP contribution in [0.4, 0.5) is 0 Å². The first-order valence-electron chi connectivity index (χ1n) is 13.6. The van der Waals surface area contributed by atoms with Crippen LogP contribution in [0.1, 0.15) is 119 Å². The summed E-state index contributed by atoms with van der Waals surface area (Å²) in [6.45, 7) is 15.1. The molecule has 30 heavy (non-hydrogen) atoms. The molecular weight excluding hydrogens is 364 g/mol. The SMILES string of the molecule is CC[C@H](CC[C@@H](C)[C@H]1CCC2=C3CCC4CC(O)CC[C@]4(C)[C@H]3CC[C@@]21C)C(C)C. The number of allylic oxidation sites excluding steroid dienone is 2. The zero-order valence-corrected chi connectivity index (χ0v) is 21.0. The van der Waals surface area contributed by atoms with Gasteiger partial charge in [0.1, 0.15) is 0 Å². The molecule has 1 heteroatoms. The number of aliphatic hydroxyl groups is 1. The van der Waals surface area contributed by atoms with Gasteiger partial charge in [-0.1, -0.05) is 65.5 Å². The van der Waals surface area contributed by atoms with E-state index in [2.05, 4.69) is 41.5 Å². The third-order valence-electron chi connectivity index (χ3n) is 11.2. The van der Waals surface area contributed by atoms with Gasteiger partial charge in [-0.05, 0) is 111 Å². The fourth-order valence-corrected chi connectivity index (χ4v) is 9.11. The molecule has 0 aliphatic heterocycles. The molecule has 0 bridgehead atoms. The minimum Gasteiger partial charge on any atom is -0.393 e. The summed E-state index contributed by atoms with van der Waals surface area (Å²) >= 11 is 0. The Hall–Kier alpha value is -0.300. The number of aliphatic hydroxyl groups excluding tert-OH is 1. The van der Waals surface area contributed by atoms with Gasteiger partial charge in [-0.3, -0.25) is 0 Å². The summed E-state index contributed by atoms with van der Waals surface area (Å²) in [5.74, 6) is 5.11. The van der Waals surface area contributed by atoms with Crippen LogP contribution in [0.15, 0.2) is 11.1 Å². The molecule has 4 aliphatic rings. The van der Waals surface area contributed by atoms with Crippen molar-refractivity contribution < 1.29 is 5.11 Å². The fourth-order valence-electron chi connectivity index (χ4n) is 9.11. The maximum Gasteiger partial charge on any atom is 0.0543 e. The Morgan fingerprint density at radius 3 is 2.43 bits per heavy atom. The third-order valence-corrected chi connectivity index (χ3v) is 11.2. The maximum atomic E-state index is 10.3. The van der Waals surface area contributed by atoms with Gasteiger partial charge in [-0.15, -0.1) is 0 Å². The van der Waals surface area contributed by atoms with E-state index in [1.807, 2.05) is 11.1 Å². The van der Waals surface area contributed by atoms with E-state index < -0.39 is 0 Å². The molecule has 0 heterocycles. The minimum atomic E-state index is -0.0272. The van der Waals surface area contributed by atoms with Gasteiger partial charge in [0.05, 0.1) is 6.10 Å². The predicted octanol–water partition coefficient (Wildman–Crippen LogP) is 8.17. The van der Waals surface area contributed by atoms with Crippen molar-refractivity contribution in [3.63, 3.8) is 0 Å². The van der Waals surface area contributed by atoms with Gasteiger partial charge in [-0.25, -0.2) is 0 Å². The molecule has 0 amide bonds. The number of hydrogen-bond donors (Lipinski definition) is 1. The molecule has 2 unspecified atom stereocenters. The standard InChI is InChI=1S/C29H50O/c1-7-21(19(2)3)9-8-20(4)25-12-13-26-24-11-10-22-18-23(30)14-16-28(22,5)27(24)15-17-29(25,26)6/h19-23,25,27,30H,7-18H2,1-6H3/t20-,21-,22?,23?,25-,27+,28+,29-/m1/s1. The molecule has 0 aromatic rings. The van der Waals surface area contributed by atoms with E-state index >= 15 is 0 Å².